The molecule has 0 unspecified atom stereocenters. The zero-order valence-electron chi connectivity index (χ0n) is 16.9. The van der Waals surface area contributed by atoms with E-state index in [0.717, 1.165) is 17.0 Å². The topological polar surface area (TPSA) is 74.8 Å². The molecule has 0 atom stereocenters. The van der Waals surface area contributed by atoms with Gasteiger partial charge >= 0.3 is 0 Å². The summed E-state index contributed by atoms with van der Waals surface area (Å²) in [7, 11) is 0. The van der Waals surface area contributed by atoms with Crippen molar-refractivity contribution in [1.82, 2.24) is 9.97 Å². The molecule has 3 rings (SSSR count). The first-order chi connectivity index (χ1) is 13.9. The molecule has 0 radical (unpaired) electrons. The standard InChI is InChI=1S/C23H25N3O2S/c1-15-9-10-19(13-16(15)2)25-21(27)12-11-20-17(3)24-23(26-22(20)28)29-14-18-7-5-4-6-8-18/h4-10,13H,11-12,14H2,1-3H3,(H,25,27)(H,24,26,28). The highest BCUT2D eigenvalue weighted by Gasteiger charge is 2.12. The number of benzene rings is 2. The summed E-state index contributed by atoms with van der Waals surface area (Å²) in [5.74, 6) is 0.621. The van der Waals surface area contributed by atoms with E-state index in [-0.39, 0.29) is 17.9 Å². The van der Waals surface area contributed by atoms with Crippen molar-refractivity contribution in [3.63, 3.8) is 0 Å². The van der Waals surface area contributed by atoms with Gasteiger partial charge < -0.3 is 10.3 Å². The molecule has 150 valence electrons. The van der Waals surface area contributed by atoms with E-state index in [2.05, 4.69) is 15.3 Å². The first-order valence-electron chi connectivity index (χ1n) is 9.56. The van der Waals surface area contributed by atoms with Crippen molar-refractivity contribution in [3.05, 3.63) is 86.8 Å². The molecule has 0 saturated carbocycles. The summed E-state index contributed by atoms with van der Waals surface area (Å²) >= 11 is 1.49. The number of amides is 1. The number of H-pyrrole nitrogens is 1. The van der Waals surface area contributed by atoms with E-state index in [1.807, 2.05) is 69.3 Å². The molecule has 29 heavy (non-hydrogen) atoms. The van der Waals surface area contributed by atoms with Crippen molar-refractivity contribution >= 4 is 23.4 Å². The van der Waals surface area contributed by atoms with Gasteiger partial charge in [0, 0.05) is 29.1 Å². The minimum absolute atomic E-state index is 0.116. The number of anilines is 1. The maximum atomic E-state index is 12.5. The van der Waals surface area contributed by atoms with Crippen LogP contribution in [0.4, 0.5) is 5.69 Å². The van der Waals surface area contributed by atoms with Crippen LogP contribution in [0.15, 0.2) is 58.5 Å². The normalized spacial score (nSPS) is 10.7. The summed E-state index contributed by atoms with van der Waals surface area (Å²) in [4.78, 5) is 32.1. The molecule has 0 spiro atoms. The lowest BCUT2D eigenvalue weighted by atomic mass is 10.1. The first kappa shape index (κ1) is 20.9. The van der Waals surface area contributed by atoms with Crippen LogP contribution in [0.25, 0.3) is 0 Å². The number of hydrogen-bond donors (Lipinski definition) is 2. The van der Waals surface area contributed by atoms with E-state index in [4.69, 9.17) is 0 Å². The van der Waals surface area contributed by atoms with E-state index in [9.17, 15) is 9.59 Å². The summed E-state index contributed by atoms with van der Waals surface area (Å²) in [5, 5.41) is 3.49. The first-order valence-corrected chi connectivity index (χ1v) is 10.5. The van der Waals surface area contributed by atoms with Gasteiger partial charge in [0.15, 0.2) is 5.16 Å². The maximum absolute atomic E-state index is 12.5. The van der Waals surface area contributed by atoms with Gasteiger partial charge in [-0.25, -0.2) is 4.98 Å². The Morgan fingerprint density at radius 3 is 2.52 bits per heavy atom. The predicted molar refractivity (Wildman–Crippen MR) is 118 cm³/mol. The van der Waals surface area contributed by atoms with Crippen LogP contribution in [0.2, 0.25) is 0 Å². The number of carbonyl (C=O) groups excluding carboxylic acids is 1. The van der Waals surface area contributed by atoms with Gasteiger partial charge in [-0.2, -0.15) is 0 Å². The van der Waals surface area contributed by atoms with Gasteiger partial charge in [-0.3, -0.25) is 9.59 Å². The molecular formula is C23H25N3O2S. The van der Waals surface area contributed by atoms with Crippen molar-refractivity contribution in [2.24, 2.45) is 0 Å². The average molecular weight is 408 g/mol. The molecule has 0 aliphatic heterocycles. The van der Waals surface area contributed by atoms with E-state index in [1.54, 1.807) is 0 Å². The van der Waals surface area contributed by atoms with Gasteiger partial charge in [0.05, 0.1) is 0 Å². The second-order valence-corrected chi connectivity index (χ2v) is 8.02. The number of rotatable bonds is 7. The van der Waals surface area contributed by atoms with Gasteiger partial charge in [-0.05, 0) is 56.0 Å². The summed E-state index contributed by atoms with van der Waals surface area (Å²) in [6.07, 6.45) is 0.587. The van der Waals surface area contributed by atoms with Crippen LogP contribution in [0.3, 0.4) is 0 Å². The van der Waals surface area contributed by atoms with Crippen molar-refractivity contribution in [3.8, 4) is 0 Å². The lowest BCUT2D eigenvalue weighted by Crippen LogP contribution is -2.20. The number of aromatic amines is 1. The Balaban J connectivity index is 1.59. The number of hydrogen-bond acceptors (Lipinski definition) is 4. The summed E-state index contributed by atoms with van der Waals surface area (Å²) in [6, 6.07) is 15.9. The van der Waals surface area contributed by atoms with Crippen LogP contribution < -0.4 is 10.9 Å². The van der Waals surface area contributed by atoms with Crippen LogP contribution >= 0.6 is 11.8 Å². The van der Waals surface area contributed by atoms with Crippen LogP contribution in [-0.4, -0.2) is 15.9 Å². The van der Waals surface area contributed by atoms with Gasteiger partial charge in [0.2, 0.25) is 5.91 Å². The number of nitrogens with zero attached hydrogens (tertiary/aromatic N) is 1. The second kappa shape index (κ2) is 9.56. The number of aryl methyl sites for hydroxylation is 3. The number of thioether (sulfide) groups is 1. The average Bonchev–Trinajstić information content (AvgIpc) is 2.69. The number of nitrogens with one attached hydrogen (secondary N) is 2. The summed E-state index contributed by atoms with van der Waals surface area (Å²) < 4.78 is 0. The molecule has 0 aliphatic carbocycles. The Morgan fingerprint density at radius 1 is 1.07 bits per heavy atom. The lowest BCUT2D eigenvalue weighted by molar-refractivity contribution is -0.116. The predicted octanol–water partition coefficient (Wildman–Crippen LogP) is 4.56. The molecular weight excluding hydrogens is 382 g/mol. The Morgan fingerprint density at radius 2 is 1.83 bits per heavy atom. The molecule has 1 amide bonds. The minimum Gasteiger partial charge on any atom is -0.326 e. The van der Waals surface area contributed by atoms with E-state index in [1.165, 1.54) is 22.9 Å². The van der Waals surface area contributed by atoms with Gasteiger partial charge in [-0.1, -0.05) is 48.2 Å². The Hall–Kier alpha value is -2.86. The zero-order chi connectivity index (χ0) is 20.8. The largest absolute Gasteiger partial charge is 0.326 e. The SMILES string of the molecule is Cc1ccc(NC(=O)CCc2c(C)nc(SCc3ccccc3)[nH]c2=O)cc1C. The molecule has 1 aromatic heterocycles. The van der Waals surface area contributed by atoms with Gasteiger partial charge in [0.1, 0.15) is 0 Å². The third-order valence-corrected chi connectivity index (χ3v) is 5.76. The highest BCUT2D eigenvalue weighted by Crippen LogP contribution is 2.19. The molecule has 2 aromatic carbocycles. The smallest absolute Gasteiger partial charge is 0.254 e. The molecule has 0 saturated heterocycles. The number of aromatic nitrogens is 2. The monoisotopic (exact) mass is 407 g/mol. The van der Waals surface area contributed by atoms with Crippen LogP contribution in [0.5, 0.6) is 0 Å². The van der Waals surface area contributed by atoms with Gasteiger partial charge in [0.25, 0.3) is 5.56 Å². The molecule has 3 aromatic rings. The van der Waals surface area contributed by atoms with Crippen molar-refractivity contribution < 1.29 is 4.79 Å². The summed E-state index contributed by atoms with van der Waals surface area (Å²) in [6.45, 7) is 5.86. The minimum atomic E-state index is -0.174. The maximum Gasteiger partial charge on any atom is 0.254 e. The molecule has 0 bridgehead atoms. The molecule has 2 N–H and O–H groups in total. The van der Waals surface area contributed by atoms with Crippen LogP contribution in [0, 0.1) is 20.8 Å². The van der Waals surface area contributed by atoms with Gasteiger partial charge in [-0.15, -0.1) is 0 Å². The highest BCUT2D eigenvalue weighted by atomic mass is 32.2. The summed E-state index contributed by atoms with van der Waals surface area (Å²) in [5.41, 5.74) is 5.31. The van der Waals surface area contributed by atoms with E-state index < -0.39 is 0 Å². The third kappa shape index (κ3) is 5.81. The highest BCUT2D eigenvalue weighted by molar-refractivity contribution is 7.98. The fourth-order valence-electron chi connectivity index (χ4n) is 2.95. The van der Waals surface area contributed by atoms with Crippen molar-refractivity contribution in [2.45, 2.75) is 44.5 Å². The van der Waals surface area contributed by atoms with Crippen LogP contribution in [-0.2, 0) is 17.0 Å². The molecule has 0 aliphatic rings. The molecule has 5 nitrogen and oxygen atoms in total. The van der Waals surface area contributed by atoms with Crippen molar-refractivity contribution in [2.75, 3.05) is 5.32 Å². The Kier molecular flexibility index (Phi) is 6.88. The fourth-order valence-corrected chi connectivity index (χ4v) is 3.82. The van der Waals surface area contributed by atoms with E-state index in [0.29, 0.717) is 22.8 Å². The lowest BCUT2D eigenvalue weighted by Gasteiger charge is -2.09. The Labute approximate surface area is 175 Å². The molecule has 1 heterocycles. The zero-order valence-corrected chi connectivity index (χ0v) is 17.7. The molecule has 6 heteroatoms. The quantitative estimate of drug-likeness (QED) is 0.445. The third-order valence-electron chi connectivity index (χ3n) is 4.81. The number of carbonyl (C=O) groups is 1. The fraction of sp³-hybridized carbons (Fsp3) is 0.261. The van der Waals surface area contributed by atoms with E-state index >= 15 is 0 Å². The van der Waals surface area contributed by atoms with Crippen LogP contribution in [0.1, 0.15) is 34.4 Å². The Bertz CT molecular complexity index is 1060. The molecule has 0 fully saturated rings. The second-order valence-electron chi connectivity index (χ2n) is 7.06. The van der Waals surface area contributed by atoms with Crippen molar-refractivity contribution in [1.29, 1.82) is 0 Å².